The smallest absolute Gasteiger partial charge is 0.338 e. The predicted octanol–water partition coefficient (Wildman–Crippen LogP) is 4.12. The van der Waals surface area contributed by atoms with Gasteiger partial charge in [0, 0.05) is 12.0 Å². The molecule has 0 aliphatic rings. The first-order valence-electron chi connectivity index (χ1n) is 8.86. The molecule has 1 N–H and O–H groups in total. The van der Waals surface area contributed by atoms with E-state index in [4.69, 9.17) is 4.74 Å². The molecule has 0 fully saturated rings. The summed E-state index contributed by atoms with van der Waals surface area (Å²) in [5, 5.41) is 13.8. The lowest BCUT2D eigenvalue weighted by Gasteiger charge is -2.15. The standard InChI is InChI=1S/C20H21FN2O5/c1-3-14(11-13-5-8-16(21)9-6-13)19(24)22-17-12-15(20(25)28-4-2)7-10-18(17)23(26)27/h5-10,12,14H,3-4,11H2,1-2H3,(H,22,24). The van der Waals surface area contributed by atoms with Crippen molar-refractivity contribution in [2.24, 2.45) is 5.92 Å². The Morgan fingerprint density at radius 2 is 1.86 bits per heavy atom. The minimum atomic E-state index is -0.633. The lowest BCUT2D eigenvalue weighted by molar-refractivity contribution is -0.383. The molecule has 2 aromatic carbocycles. The minimum Gasteiger partial charge on any atom is -0.462 e. The van der Waals surface area contributed by atoms with Gasteiger partial charge in [-0.2, -0.15) is 0 Å². The van der Waals surface area contributed by atoms with Crippen LogP contribution in [0.3, 0.4) is 0 Å². The number of esters is 1. The van der Waals surface area contributed by atoms with Gasteiger partial charge in [-0.05, 0) is 49.6 Å². The zero-order valence-electron chi connectivity index (χ0n) is 15.6. The summed E-state index contributed by atoms with van der Waals surface area (Å²) in [6, 6.07) is 9.48. The van der Waals surface area contributed by atoms with Gasteiger partial charge in [-0.15, -0.1) is 0 Å². The molecule has 0 spiro atoms. The quantitative estimate of drug-likeness (QED) is 0.417. The van der Waals surface area contributed by atoms with Gasteiger partial charge in [-0.3, -0.25) is 14.9 Å². The van der Waals surface area contributed by atoms with Gasteiger partial charge in [0.05, 0.1) is 17.1 Å². The first-order chi connectivity index (χ1) is 13.3. The zero-order valence-corrected chi connectivity index (χ0v) is 15.6. The molecule has 1 amide bonds. The number of hydrogen-bond donors (Lipinski definition) is 1. The highest BCUT2D eigenvalue weighted by molar-refractivity contribution is 5.97. The van der Waals surface area contributed by atoms with Gasteiger partial charge in [0.25, 0.3) is 5.69 Å². The van der Waals surface area contributed by atoms with Crippen molar-refractivity contribution in [2.45, 2.75) is 26.7 Å². The number of carbonyl (C=O) groups excluding carboxylic acids is 2. The maximum absolute atomic E-state index is 13.0. The Labute approximate surface area is 161 Å². The summed E-state index contributed by atoms with van der Waals surface area (Å²) in [4.78, 5) is 35.2. The third-order valence-electron chi connectivity index (χ3n) is 4.22. The van der Waals surface area contributed by atoms with Gasteiger partial charge < -0.3 is 10.1 Å². The number of amides is 1. The highest BCUT2D eigenvalue weighted by Crippen LogP contribution is 2.27. The van der Waals surface area contributed by atoms with E-state index in [-0.39, 0.29) is 29.4 Å². The maximum atomic E-state index is 13.0. The van der Waals surface area contributed by atoms with Crippen molar-refractivity contribution in [1.82, 2.24) is 0 Å². The summed E-state index contributed by atoms with van der Waals surface area (Å²) >= 11 is 0. The number of nitro groups is 1. The molecule has 2 rings (SSSR count). The van der Waals surface area contributed by atoms with Crippen molar-refractivity contribution in [3.8, 4) is 0 Å². The van der Waals surface area contributed by atoms with E-state index in [0.717, 1.165) is 11.6 Å². The van der Waals surface area contributed by atoms with Crippen molar-refractivity contribution < 1.29 is 23.6 Å². The number of carbonyl (C=O) groups is 2. The van der Waals surface area contributed by atoms with Crippen LogP contribution in [0.2, 0.25) is 0 Å². The highest BCUT2D eigenvalue weighted by Gasteiger charge is 2.23. The Morgan fingerprint density at radius 3 is 2.43 bits per heavy atom. The van der Waals surface area contributed by atoms with Crippen LogP contribution in [-0.4, -0.2) is 23.4 Å². The minimum absolute atomic E-state index is 0.0712. The molecule has 7 nitrogen and oxygen atoms in total. The third-order valence-corrected chi connectivity index (χ3v) is 4.22. The number of nitrogens with one attached hydrogen (secondary N) is 1. The van der Waals surface area contributed by atoms with E-state index in [9.17, 15) is 24.1 Å². The fourth-order valence-corrected chi connectivity index (χ4v) is 2.70. The van der Waals surface area contributed by atoms with Crippen LogP contribution in [0.25, 0.3) is 0 Å². The number of benzene rings is 2. The topological polar surface area (TPSA) is 98.5 Å². The fourth-order valence-electron chi connectivity index (χ4n) is 2.70. The van der Waals surface area contributed by atoms with E-state index < -0.39 is 22.7 Å². The molecule has 0 radical (unpaired) electrons. The molecule has 0 aliphatic heterocycles. The van der Waals surface area contributed by atoms with Gasteiger partial charge in [0.1, 0.15) is 11.5 Å². The molecule has 8 heteroatoms. The van der Waals surface area contributed by atoms with Crippen LogP contribution in [0.15, 0.2) is 42.5 Å². The van der Waals surface area contributed by atoms with Crippen LogP contribution in [0.5, 0.6) is 0 Å². The molecule has 2 aromatic rings. The van der Waals surface area contributed by atoms with Crippen molar-refractivity contribution in [1.29, 1.82) is 0 Å². The molecule has 148 valence electrons. The normalized spacial score (nSPS) is 11.5. The van der Waals surface area contributed by atoms with Crippen molar-refractivity contribution >= 4 is 23.3 Å². The van der Waals surface area contributed by atoms with Crippen molar-refractivity contribution in [2.75, 3.05) is 11.9 Å². The Kier molecular flexibility index (Phi) is 7.20. The molecule has 0 saturated heterocycles. The largest absolute Gasteiger partial charge is 0.462 e. The summed E-state index contributed by atoms with van der Waals surface area (Å²) in [7, 11) is 0. The number of anilines is 1. The summed E-state index contributed by atoms with van der Waals surface area (Å²) in [5.74, 6) is -1.90. The first kappa shape index (κ1) is 21.0. The Morgan fingerprint density at radius 1 is 1.18 bits per heavy atom. The van der Waals surface area contributed by atoms with Gasteiger partial charge >= 0.3 is 5.97 Å². The van der Waals surface area contributed by atoms with Crippen LogP contribution in [0.1, 0.15) is 36.2 Å². The molecule has 0 heterocycles. The first-order valence-corrected chi connectivity index (χ1v) is 8.86. The molecular weight excluding hydrogens is 367 g/mol. The van der Waals surface area contributed by atoms with E-state index >= 15 is 0 Å². The number of rotatable bonds is 8. The van der Waals surface area contributed by atoms with E-state index in [0.29, 0.717) is 12.8 Å². The second kappa shape index (κ2) is 9.59. The zero-order chi connectivity index (χ0) is 20.7. The Bertz CT molecular complexity index is 867. The Hall–Kier alpha value is -3.29. The van der Waals surface area contributed by atoms with Crippen LogP contribution in [0.4, 0.5) is 15.8 Å². The number of nitro benzene ring substituents is 1. The lowest BCUT2D eigenvalue weighted by atomic mass is 9.96. The summed E-state index contributed by atoms with van der Waals surface area (Å²) in [6.07, 6.45) is 0.836. The van der Waals surface area contributed by atoms with Crippen LogP contribution >= 0.6 is 0 Å². The molecule has 0 aliphatic carbocycles. The molecule has 1 atom stereocenters. The predicted molar refractivity (Wildman–Crippen MR) is 102 cm³/mol. The van der Waals surface area contributed by atoms with Crippen molar-refractivity contribution in [3.05, 3.63) is 69.5 Å². The van der Waals surface area contributed by atoms with Gasteiger partial charge in [-0.1, -0.05) is 19.1 Å². The van der Waals surface area contributed by atoms with E-state index in [2.05, 4.69) is 5.32 Å². The third kappa shape index (κ3) is 5.35. The van der Waals surface area contributed by atoms with E-state index in [1.54, 1.807) is 19.1 Å². The van der Waals surface area contributed by atoms with Crippen LogP contribution in [-0.2, 0) is 16.0 Å². The molecular formula is C20H21FN2O5. The molecule has 0 aromatic heterocycles. The van der Waals surface area contributed by atoms with Crippen LogP contribution in [0, 0.1) is 21.8 Å². The summed E-state index contributed by atoms with van der Waals surface area (Å²) in [6.45, 7) is 3.62. The maximum Gasteiger partial charge on any atom is 0.338 e. The second-order valence-corrected chi connectivity index (χ2v) is 6.13. The van der Waals surface area contributed by atoms with Crippen LogP contribution < -0.4 is 5.32 Å². The number of ether oxygens (including phenoxy) is 1. The van der Waals surface area contributed by atoms with Gasteiger partial charge in [-0.25, -0.2) is 9.18 Å². The summed E-state index contributed by atoms with van der Waals surface area (Å²) < 4.78 is 17.9. The number of hydrogen-bond acceptors (Lipinski definition) is 5. The lowest BCUT2D eigenvalue weighted by Crippen LogP contribution is -2.24. The van der Waals surface area contributed by atoms with E-state index in [1.165, 1.54) is 24.3 Å². The molecule has 1 unspecified atom stereocenters. The average molecular weight is 388 g/mol. The molecule has 0 saturated carbocycles. The summed E-state index contributed by atoms with van der Waals surface area (Å²) in [5.41, 5.74) is 0.489. The van der Waals surface area contributed by atoms with Crippen molar-refractivity contribution in [3.63, 3.8) is 0 Å². The Balaban J connectivity index is 2.23. The molecule has 0 bridgehead atoms. The van der Waals surface area contributed by atoms with Gasteiger partial charge in [0.2, 0.25) is 5.91 Å². The fraction of sp³-hybridized carbons (Fsp3) is 0.300. The molecule has 28 heavy (non-hydrogen) atoms. The number of halogens is 1. The second-order valence-electron chi connectivity index (χ2n) is 6.13. The SMILES string of the molecule is CCOC(=O)c1ccc([N+](=O)[O-])c(NC(=O)C(CC)Cc2ccc(F)cc2)c1. The highest BCUT2D eigenvalue weighted by atomic mass is 19.1. The monoisotopic (exact) mass is 388 g/mol. The number of nitrogens with zero attached hydrogens (tertiary/aromatic N) is 1. The van der Waals surface area contributed by atoms with Gasteiger partial charge in [0.15, 0.2) is 0 Å². The van der Waals surface area contributed by atoms with E-state index in [1.807, 2.05) is 6.92 Å². The average Bonchev–Trinajstić information content (AvgIpc) is 2.67.